The maximum absolute atomic E-state index is 9.28. The average molecular weight is 560 g/mol. The van der Waals surface area contributed by atoms with E-state index in [2.05, 4.69) is 26.7 Å². The molecule has 0 atom stereocenters. The Balaban J connectivity index is 1.21. The molecular weight excluding hydrogens is 534 g/mol. The van der Waals surface area contributed by atoms with Gasteiger partial charge in [0.1, 0.15) is 21.9 Å². The number of nitriles is 1. The summed E-state index contributed by atoms with van der Waals surface area (Å²) in [6.07, 6.45) is 1.92. The lowest BCUT2D eigenvalue weighted by molar-refractivity contribution is 0.407. The monoisotopic (exact) mass is 559 g/mol. The van der Waals surface area contributed by atoms with Gasteiger partial charge in [0.2, 0.25) is 11.8 Å². The fraction of sp³-hybridized carbons (Fsp3) is 0.129. The zero-order valence-corrected chi connectivity index (χ0v) is 23.4. The molecule has 0 unspecified atom stereocenters. The van der Waals surface area contributed by atoms with Gasteiger partial charge in [-0.25, -0.2) is 9.67 Å². The van der Waals surface area contributed by atoms with Crippen LogP contribution in [0.5, 0.6) is 17.4 Å². The third kappa shape index (κ3) is 5.44. The van der Waals surface area contributed by atoms with E-state index < -0.39 is 0 Å². The lowest BCUT2D eigenvalue weighted by atomic mass is 10.1. The third-order valence-electron chi connectivity index (χ3n) is 6.56. The fourth-order valence-electron chi connectivity index (χ4n) is 4.60. The highest BCUT2D eigenvalue weighted by molar-refractivity contribution is 7.17. The van der Waals surface area contributed by atoms with Gasteiger partial charge in [-0.3, -0.25) is 0 Å². The SMILES string of the molecule is COc1ccccc1Cn1cc(-c2ccc(Nc3nc(Oc4c(C)cc(C#N)cc4C)c4sccc4n3)cc2)nn1. The van der Waals surface area contributed by atoms with Crippen LogP contribution in [0.4, 0.5) is 11.6 Å². The van der Waals surface area contributed by atoms with E-state index in [1.165, 1.54) is 11.3 Å². The lowest BCUT2D eigenvalue weighted by Crippen LogP contribution is -2.02. The largest absolute Gasteiger partial charge is 0.496 e. The Kier molecular flexibility index (Phi) is 7.02. The molecule has 3 heterocycles. The number of hydrogen-bond donors (Lipinski definition) is 1. The predicted octanol–water partition coefficient (Wildman–Crippen LogP) is 7.03. The van der Waals surface area contributed by atoms with Gasteiger partial charge >= 0.3 is 0 Å². The molecule has 10 heteroatoms. The number of nitrogens with zero attached hydrogens (tertiary/aromatic N) is 6. The zero-order chi connectivity index (χ0) is 28.3. The van der Waals surface area contributed by atoms with Crippen LogP contribution in [0.3, 0.4) is 0 Å². The topological polar surface area (TPSA) is 111 Å². The molecule has 41 heavy (non-hydrogen) atoms. The molecule has 0 amide bonds. The van der Waals surface area contributed by atoms with Gasteiger partial charge in [0.05, 0.1) is 37.0 Å². The van der Waals surface area contributed by atoms with Crippen LogP contribution in [0, 0.1) is 25.2 Å². The van der Waals surface area contributed by atoms with Crippen LogP contribution in [0.25, 0.3) is 21.5 Å². The molecule has 3 aromatic heterocycles. The number of benzene rings is 3. The van der Waals surface area contributed by atoms with Crippen molar-refractivity contribution in [3.8, 4) is 34.7 Å². The van der Waals surface area contributed by atoms with Gasteiger partial charge in [0, 0.05) is 16.8 Å². The number of fused-ring (bicyclic) bond motifs is 1. The minimum absolute atomic E-state index is 0.422. The number of aryl methyl sites for hydroxylation is 2. The van der Waals surface area contributed by atoms with Crippen molar-refractivity contribution in [2.24, 2.45) is 0 Å². The minimum Gasteiger partial charge on any atom is -0.496 e. The van der Waals surface area contributed by atoms with Crippen LogP contribution in [0.2, 0.25) is 0 Å². The van der Waals surface area contributed by atoms with E-state index in [-0.39, 0.29) is 0 Å². The Hall–Kier alpha value is -5.27. The fourth-order valence-corrected chi connectivity index (χ4v) is 5.36. The molecule has 0 aliphatic carbocycles. The number of anilines is 2. The summed E-state index contributed by atoms with van der Waals surface area (Å²) in [4.78, 5) is 9.36. The van der Waals surface area contributed by atoms with E-state index in [4.69, 9.17) is 14.5 Å². The first-order valence-electron chi connectivity index (χ1n) is 12.8. The molecular formula is C31H25N7O2S. The Morgan fingerprint density at radius 3 is 2.54 bits per heavy atom. The second-order valence-electron chi connectivity index (χ2n) is 9.46. The smallest absolute Gasteiger partial charge is 0.242 e. The first-order chi connectivity index (χ1) is 20.0. The molecule has 1 N–H and O–H groups in total. The Morgan fingerprint density at radius 1 is 1.00 bits per heavy atom. The number of thiophene rings is 1. The Bertz CT molecular complexity index is 1880. The lowest BCUT2D eigenvalue weighted by Gasteiger charge is -2.13. The summed E-state index contributed by atoms with van der Waals surface area (Å²) < 4.78 is 14.4. The number of para-hydroxylation sites is 1. The first kappa shape index (κ1) is 26.0. The van der Waals surface area contributed by atoms with Crippen LogP contribution in [-0.2, 0) is 6.54 Å². The van der Waals surface area contributed by atoms with Gasteiger partial charge < -0.3 is 14.8 Å². The molecule has 202 valence electrons. The van der Waals surface area contributed by atoms with Crippen molar-refractivity contribution in [1.82, 2.24) is 25.0 Å². The maximum Gasteiger partial charge on any atom is 0.242 e. The number of nitrogens with one attached hydrogen (secondary N) is 1. The van der Waals surface area contributed by atoms with Crippen molar-refractivity contribution >= 4 is 33.2 Å². The highest BCUT2D eigenvalue weighted by Gasteiger charge is 2.15. The summed E-state index contributed by atoms with van der Waals surface area (Å²) in [7, 11) is 1.66. The average Bonchev–Trinajstić information content (AvgIpc) is 3.65. The molecule has 0 bridgehead atoms. The van der Waals surface area contributed by atoms with E-state index in [1.54, 1.807) is 11.8 Å². The Morgan fingerprint density at radius 2 is 1.78 bits per heavy atom. The molecule has 0 spiro atoms. The molecule has 9 nitrogen and oxygen atoms in total. The standard InChI is InChI=1S/C31H25N7O2S/c1-19-14-21(16-32)15-20(2)28(19)40-30-29-25(12-13-41-29)34-31(35-30)33-24-10-8-22(9-11-24)26-18-38(37-36-26)17-23-6-4-5-7-27(23)39-3/h4-15,18H,17H2,1-3H3,(H,33,34,35). The van der Waals surface area contributed by atoms with Gasteiger partial charge in [0.25, 0.3) is 0 Å². The number of ether oxygens (including phenoxy) is 2. The van der Waals surface area contributed by atoms with E-state index in [0.717, 1.165) is 49.6 Å². The molecule has 0 aliphatic rings. The summed E-state index contributed by atoms with van der Waals surface area (Å²) in [5.74, 6) is 2.39. The summed E-state index contributed by atoms with van der Waals surface area (Å²) in [6, 6.07) is 23.5. The van der Waals surface area contributed by atoms with Crippen LogP contribution in [0.1, 0.15) is 22.3 Å². The molecule has 0 saturated heterocycles. The highest BCUT2D eigenvalue weighted by Crippen LogP contribution is 2.36. The summed E-state index contributed by atoms with van der Waals surface area (Å²) in [5, 5.41) is 23.2. The summed E-state index contributed by atoms with van der Waals surface area (Å²) in [6.45, 7) is 4.41. The van der Waals surface area contributed by atoms with Gasteiger partial charge in [0.15, 0.2) is 0 Å². The number of methoxy groups -OCH3 is 1. The Labute approximate surface area is 240 Å². The second-order valence-corrected chi connectivity index (χ2v) is 10.4. The number of rotatable bonds is 8. The minimum atomic E-state index is 0.422. The van der Waals surface area contributed by atoms with Crippen LogP contribution in [0.15, 0.2) is 78.3 Å². The molecule has 3 aromatic carbocycles. The molecule has 0 saturated carbocycles. The zero-order valence-electron chi connectivity index (χ0n) is 22.6. The van der Waals surface area contributed by atoms with E-state index in [1.807, 2.05) is 92.2 Å². The second kappa shape index (κ2) is 11.1. The normalized spacial score (nSPS) is 10.9. The van der Waals surface area contributed by atoms with Crippen molar-refractivity contribution in [2.45, 2.75) is 20.4 Å². The molecule has 0 aliphatic heterocycles. The third-order valence-corrected chi connectivity index (χ3v) is 7.45. The molecule has 6 aromatic rings. The van der Waals surface area contributed by atoms with Crippen molar-refractivity contribution in [2.75, 3.05) is 12.4 Å². The van der Waals surface area contributed by atoms with E-state index >= 15 is 0 Å². The molecule has 0 fully saturated rings. The first-order valence-corrected chi connectivity index (χ1v) is 13.7. The van der Waals surface area contributed by atoms with Crippen molar-refractivity contribution in [1.29, 1.82) is 5.26 Å². The van der Waals surface area contributed by atoms with Crippen LogP contribution < -0.4 is 14.8 Å². The van der Waals surface area contributed by atoms with E-state index in [0.29, 0.717) is 29.7 Å². The van der Waals surface area contributed by atoms with Crippen LogP contribution >= 0.6 is 11.3 Å². The highest BCUT2D eigenvalue weighted by atomic mass is 32.1. The number of hydrogen-bond acceptors (Lipinski definition) is 9. The van der Waals surface area contributed by atoms with E-state index in [9.17, 15) is 5.26 Å². The van der Waals surface area contributed by atoms with Crippen LogP contribution in [-0.4, -0.2) is 32.1 Å². The van der Waals surface area contributed by atoms with Gasteiger partial charge in [-0.2, -0.15) is 10.2 Å². The summed E-state index contributed by atoms with van der Waals surface area (Å²) in [5.41, 5.74) is 6.68. The number of aromatic nitrogens is 5. The maximum atomic E-state index is 9.28. The van der Waals surface area contributed by atoms with Gasteiger partial charge in [-0.15, -0.1) is 16.4 Å². The van der Waals surface area contributed by atoms with Gasteiger partial charge in [-0.1, -0.05) is 35.5 Å². The molecule has 6 rings (SSSR count). The van der Waals surface area contributed by atoms with Crippen molar-refractivity contribution in [3.63, 3.8) is 0 Å². The predicted molar refractivity (Wildman–Crippen MR) is 159 cm³/mol. The van der Waals surface area contributed by atoms with Gasteiger partial charge in [-0.05, 0) is 66.8 Å². The summed E-state index contributed by atoms with van der Waals surface area (Å²) >= 11 is 1.52. The van der Waals surface area contributed by atoms with Crippen molar-refractivity contribution < 1.29 is 9.47 Å². The molecule has 0 radical (unpaired) electrons. The van der Waals surface area contributed by atoms with Crippen molar-refractivity contribution in [3.05, 3.63) is 101 Å². The quantitative estimate of drug-likeness (QED) is 0.212.